The molecule has 24 heteroatoms. The number of nitrogen functional groups attached to an aromatic ring is 2. The second kappa shape index (κ2) is 10.9. The highest BCUT2D eigenvalue weighted by molar-refractivity contribution is 7.47. The molecule has 3 fully saturated rings. The van der Waals surface area contributed by atoms with Gasteiger partial charge in [0.15, 0.2) is 28.6 Å². The van der Waals surface area contributed by atoms with Gasteiger partial charge in [0.1, 0.15) is 24.4 Å². The molecule has 242 valence electrons. The number of imidazole rings is 1. The molecule has 4 unspecified atom stereocenters. The molecule has 0 radical (unpaired) electrons. The van der Waals surface area contributed by atoms with Crippen molar-refractivity contribution < 1.29 is 52.0 Å². The number of fused-ring (bicyclic) bond motifs is 5. The maximum Gasteiger partial charge on any atom is 0.472 e. The Morgan fingerprint density at radius 2 is 1.71 bits per heavy atom. The standard InChI is InChI=1S/C21H26N10O12P2/c22-8-1-2-24-17-11(8)28-29-31(17)20-14(33)16-10(41-20)5-40-45(37,38)42-15-9(3-7(13(15)32)4-39-44(35,36)43-16)30-6-25-12-18(30)26-21(23)27-19(12)34/h1-2,6-7,9-10,13-16,20,32-33H,3-5H2,(H2,22,24)(H,35,36)(H,37,38)(H3,23,26,27,34)/t7-,9-,10-,13?,14+,15-,16?,20-/m1/s1. The average Bonchev–Trinajstić information content (AvgIpc) is 3.72. The second-order valence-corrected chi connectivity index (χ2v) is 13.5. The van der Waals surface area contributed by atoms with Gasteiger partial charge < -0.3 is 40.8 Å². The summed E-state index contributed by atoms with van der Waals surface area (Å²) in [4.78, 5) is 48.2. The molecule has 1 saturated carbocycles. The van der Waals surface area contributed by atoms with Crippen molar-refractivity contribution in [1.82, 2.24) is 39.5 Å². The van der Waals surface area contributed by atoms with Crippen molar-refractivity contribution in [2.75, 3.05) is 24.7 Å². The van der Waals surface area contributed by atoms with Crippen molar-refractivity contribution in [2.24, 2.45) is 5.92 Å². The maximum atomic E-state index is 13.2. The van der Waals surface area contributed by atoms with Crippen LogP contribution in [0.5, 0.6) is 0 Å². The Morgan fingerprint density at radius 3 is 2.49 bits per heavy atom. The van der Waals surface area contributed by atoms with E-state index in [1.807, 2.05) is 0 Å². The molecule has 2 aliphatic heterocycles. The summed E-state index contributed by atoms with van der Waals surface area (Å²) in [5.41, 5.74) is 11.4. The first kappa shape index (κ1) is 30.3. The van der Waals surface area contributed by atoms with Gasteiger partial charge in [-0.2, -0.15) is 9.67 Å². The summed E-state index contributed by atoms with van der Waals surface area (Å²) >= 11 is 0. The largest absolute Gasteiger partial charge is 0.472 e. The predicted molar refractivity (Wildman–Crippen MR) is 147 cm³/mol. The summed E-state index contributed by atoms with van der Waals surface area (Å²) in [6.45, 7) is -1.41. The van der Waals surface area contributed by atoms with Crippen molar-refractivity contribution in [3.63, 3.8) is 0 Å². The second-order valence-electron chi connectivity index (χ2n) is 10.7. The molecule has 4 aromatic rings. The van der Waals surface area contributed by atoms with Crippen LogP contribution in [0.1, 0.15) is 18.7 Å². The fourth-order valence-electron chi connectivity index (χ4n) is 5.78. The number of nitrogens with two attached hydrogens (primary N) is 2. The highest BCUT2D eigenvalue weighted by atomic mass is 31.2. The van der Waals surface area contributed by atoms with Gasteiger partial charge in [-0.15, -0.1) is 5.10 Å². The molecule has 1 aliphatic carbocycles. The van der Waals surface area contributed by atoms with Crippen LogP contribution in [0.2, 0.25) is 0 Å². The number of aliphatic hydroxyl groups excluding tert-OH is 2. The summed E-state index contributed by atoms with van der Waals surface area (Å²) in [6, 6.07) is 0.480. The summed E-state index contributed by atoms with van der Waals surface area (Å²) in [5, 5.41) is 30.1. The van der Waals surface area contributed by atoms with Gasteiger partial charge in [-0.3, -0.25) is 27.9 Å². The number of rotatable bonds is 2. The van der Waals surface area contributed by atoms with Gasteiger partial charge in [-0.1, -0.05) is 5.21 Å². The number of nitrogens with one attached hydrogen (secondary N) is 1. The van der Waals surface area contributed by atoms with Gasteiger partial charge in [0, 0.05) is 12.1 Å². The van der Waals surface area contributed by atoms with Gasteiger partial charge in [0.25, 0.3) is 5.56 Å². The van der Waals surface area contributed by atoms with E-state index in [9.17, 15) is 33.9 Å². The summed E-state index contributed by atoms with van der Waals surface area (Å²) in [5.74, 6) is -1.21. The van der Waals surface area contributed by atoms with E-state index in [-0.39, 0.29) is 40.4 Å². The lowest BCUT2D eigenvalue weighted by Crippen LogP contribution is -2.36. The summed E-state index contributed by atoms with van der Waals surface area (Å²) in [6.07, 6.45) is -6.80. The Balaban J connectivity index is 1.21. The van der Waals surface area contributed by atoms with Crippen LogP contribution < -0.4 is 17.0 Å². The molecule has 2 saturated heterocycles. The third kappa shape index (κ3) is 5.32. The lowest BCUT2D eigenvalue weighted by molar-refractivity contribution is -0.0608. The molecule has 0 aromatic carbocycles. The van der Waals surface area contributed by atoms with Crippen molar-refractivity contribution in [1.29, 1.82) is 0 Å². The van der Waals surface area contributed by atoms with Crippen LogP contribution in [0, 0.1) is 5.92 Å². The van der Waals surface area contributed by atoms with Crippen molar-refractivity contribution in [2.45, 2.75) is 49.2 Å². The monoisotopic (exact) mass is 672 g/mol. The first-order chi connectivity index (χ1) is 21.3. The van der Waals surface area contributed by atoms with E-state index in [2.05, 4.69) is 30.2 Å². The normalized spacial score (nSPS) is 37.7. The molecule has 0 spiro atoms. The topological polar surface area (TPSA) is 320 Å². The first-order valence-electron chi connectivity index (χ1n) is 13.3. The summed E-state index contributed by atoms with van der Waals surface area (Å²) in [7, 11) is -10.0. The zero-order chi connectivity index (χ0) is 31.8. The number of hydrogen-bond acceptors (Lipinski definition) is 17. The fourth-order valence-corrected chi connectivity index (χ4v) is 7.76. The Morgan fingerprint density at radius 1 is 0.978 bits per heavy atom. The minimum Gasteiger partial charge on any atom is -0.397 e. The van der Waals surface area contributed by atoms with Crippen molar-refractivity contribution in [3.8, 4) is 0 Å². The number of aliphatic hydroxyl groups is 2. The van der Waals surface area contributed by atoms with E-state index in [0.29, 0.717) is 0 Å². The molecule has 3 aliphatic rings. The number of pyridine rings is 1. The minimum absolute atomic E-state index is 0.00584. The molecule has 7 rings (SSSR count). The van der Waals surface area contributed by atoms with Gasteiger partial charge >= 0.3 is 15.6 Å². The zero-order valence-electron chi connectivity index (χ0n) is 22.7. The Hall–Kier alpha value is -3.40. The predicted octanol–water partition coefficient (Wildman–Crippen LogP) is -1.68. The molecule has 9 N–H and O–H groups in total. The Kier molecular flexibility index (Phi) is 7.30. The van der Waals surface area contributed by atoms with Crippen molar-refractivity contribution >= 4 is 49.6 Å². The number of nitrogens with zero attached hydrogens (tertiary/aromatic N) is 7. The number of aromatic amines is 1. The number of phosphoric ester groups is 2. The minimum atomic E-state index is -5.04. The van der Waals surface area contributed by atoms with Crippen LogP contribution in [0.15, 0.2) is 23.4 Å². The lowest BCUT2D eigenvalue weighted by Gasteiger charge is -2.26. The molecule has 10 atom stereocenters. The smallest absolute Gasteiger partial charge is 0.397 e. The van der Waals surface area contributed by atoms with Crippen LogP contribution in [0.25, 0.3) is 22.3 Å². The number of H-pyrrole nitrogens is 1. The quantitative estimate of drug-likeness (QED) is 0.117. The highest BCUT2D eigenvalue weighted by Gasteiger charge is 2.53. The molecule has 6 heterocycles. The van der Waals surface area contributed by atoms with Crippen LogP contribution in [0.4, 0.5) is 11.6 Å². The maximum absolute atomic E-state index is 13.2. The molecule has 0 amide bonds. The van der Waals surface area contributed by atoms with Gasteiger partial charge in [0.05, 0.1) is 37.4 Å². The Labute approximate surface area is 250 Å². The zero-order valence-corrected chi connectivity index (χ0v) is 24.5. The average molecular weight is 672 g/mol. The molecular weight excluding hydrogens is 646 g/mol. The van der Waals surface area contributed by atoms with Crippen LogP contribution in [0.3, 0.4) is 0 Å². The number of hydrogen-bond donors (Lipinski definition) is 7. The van der Waals surface area contributed by atoms with Crippen molar-refractivity contribution in [3.05, 3.63) is 28.9 Å². The lowest BCUT2D eigenvalue weighted by atomic mass is 10.1. The number of ether oxygens (including phenoxy) is 1. The Bertz CT molecular complexity index is 1940. The van der Waals surface area contributed by atoms with Gasteiger partial charge in [0.2, 0.25) is 5.95 Å². The molecule has 22 nitrogen and oxygen atoms in total. The van der Waals surface area contributed by atoms with E-state index < -0.39 is 83.1 Å². The molecular formula is C21H26N10O12P2. The highest BCUT2D eigenvalue weighted by Crippen LogP contribution is 2.55. The summed E-state index contributed by atoms with van der Waals surface area (Å²) < 4.78 is 55.7. The van der Waals surface area contributed by atoms with E-state index in [4.69, 9.17) is 34.3 Å². The number of aromatic nitrogens is 8. The molecule has 2 bridgehead atoms. The van der Waals surface area contributed by atoms with E-state index in [1.54, 1.807) is 0 Å². The van der Waals surface area contributed by atoms with E-state index >= 15 is 0 Å². The third-order valence-electron chi connectivity index (χ3n) is 7.86. The van der Waals surface area contributed by atoms with E-state index in [1.165, 1.54) is 23.2 Å². The number of phosphoric acid groups is 2. The van der Waals surface area contributed by atoms with E-state index in [0.717, 1.165) is 4.68 Å². The first-order valence-corrected chi connectivity index (χ1v) is 16.3. The SMILES string of the molecule is Nc1nc2c(ncn2[C@@H]2C[C@@H]3COP(=O)(O)OC4[C@@H](COP(=O)(O)O[C@H]2C3O)O[C@@H](n2nnc3c(N)ccnc32)[C@H]4O)c(=O)[nH]1. The number of anilines is 2. The molecule has 4 aromatic heterocycles. The fraction of sp³-hybridized carbons (Fsp3) is 0.524. The van der Waals surface area contributed by atoms with Crippen LogP contribution in [-0.2, 0) is 32.0 Å². The van der Waals surface area contributed by atoms with Gasteiger partial charge in [-0.25, -0.2) is 19.1 Å². The molecule has 45 heavy (non-hydrogen) atoms. The van der Waals surface area contributed by atoms with Crippen LogP contribution >= 0.6 is 15.6 Å². The van der Waals surface area contributed by atoms with Crippen LogP contribution in [-0.4, -0.2) is 103 Å². The van der Waals surface area contributed by atoms with Gasteiger partial charge in [-0.05, 0) is 12.5 Å². The third-order valence-corrected chi connectivity index (χ3v) is 9.83.